The molecular formula is C26H29N3O. The molecule has 1 aliphatic heterocycles. The third-order valence-electron chi connectivity index (χ3n) is 5.87. The maximum absolute atomic E-state index is 10.0. The molecule has 4 rings (SSSR count). The van der Waals surface area contributed by atoms with E-state index in [-0.39, 0.29) is 24.7 Å². The number of aliphatic hydroxyl groups excluding tert-OH is 1. The number of nitrogens with zero attached hydrogens (tertiary/aromatic N) is 3. The molecule has 1 saturated heterocycles. The van der Waals surface area contributed by atoms with E-state index < -0.39 is 0 Å². The van der Waals surface area contributed by atoms with Gasteiger partial charge in [0.1, 0.15) is 0 Å². The van der Waals surface area contributed by atoms with Crippen LogP contribution in [0.4, 0.5) is 0 Å². The second-order valence-electron chi connectivity index (χ2n) is 7.89. The predicted octanol–water partition coefficient (Wildman–Crippen LogP) is 4.31. The molecule has 0 bridgehead atoms. The van der Waals surface area contributed by atoms with Crippen LogP contribution in [0.15, 0.2) is 96.0 Å². The summed E-state index contributed by atoms with van der Waals surface area (Å²) < 4.78 is 0. The second-order valence-corrected chi connectivity index (χ2v) is 7.89. The minimum atomic E-state index is -0.182. The standard InChI is InChI=1S/C26H29N3O/c1-28-24(21-14-8-4-9-15-21)25(22-16-10-5-11-17-22)29(2)26(28)27-23(19-30)18-20-12-6-3-7-13-20/h3-17,23-25,30H,18-19H2,1-2H3. The molecule has 0 amide bonds. The Hall–Kier alpha value is -3.11. The molecule has 0 aromatic heterocycles. The van der Waals surface area contributed by atoms with Crippen LogP contribution in [0.3, 0.4) is 0 Å². The molecule has 0 saturated carbocycles. The van der Waals surface area contributed by atoms with E-state index in [0.29, 0.717) is 6.42 Å². The van der Waals surface area contributed by atoms with Gasteiger partial charge >= 0.3 is 0 Å². The van der Waals surface area contributed by atoms with Gasteiger partial charge in [0.25, 0.3) is 0 Å². The molecule has 1 heterocycles. The fourth-order valence-electron chi connectivity index (χ4n) is 4.42. The molecule has 154 valence electrons. The third-order valence-corrected chi connectivity index (χ3v) is 5.87. The summed E-state index contributed by atoms with van der Waals surface area (Å²) in [5.74, 6) is 0.910. The van der Waals surface area contributed by atoms with Gasteiger partial charge in [-0.15, -0.1) is 0 Å². The lowest BCUT2D eigenvalue weighted by Crippen LogP contribution is -2.32. The molecule has 1 aliphatic rings. The van der Waals surface area contributed by atoms with Gasteiger partial charge < -0.3 is 14.9 Å². The van der Waals surface area contributed by atoms with Crippen molar-refractivity contribution in [2.24, 2.45) is 4.99 Å². The molecule has 0 spiro atoms. The van der Waals surface area contributed by atoms with Crippen LogP contribution >= 0.6 is 0 Å². The largest absolute Gasteiger partial charge is 0.394 e. The lowest BCUT2D eigenvalue weighted by molar-refractivity contribution is 0.264. The van der Waals surface area contributed by atoms with Crippen LogP contribution in [-0.2, 0) is 6.42 Å². The molecule has 30 heavy (non-hydrogen) atoms. The predicted molar refractivity (Wildman–Crippen MR) is 122 cm³/mol. The molecule has 3 aromatic rings. The van der Waals surface area contributed by atoms with Crippen LogP contribution < -0.4 is 0 Å². The lowest BCUT2D eigenvalue weighted by Gasteiger charge is -2.26. The molecule has 1 fully saturated rings. The Morgan fingerprint density at radius 3 is 1.60 bits per heavy atom. The minimum Gasteiger partial charge on any atom is -0.394 e. The quantitative estimate of drug-likeness (QED) is 0.671. The molecule has 0 aliphatic carbocycles. The molecule has 1 N–H and O–H groups in total. The molecule has 4 nitrogen and oxygen atoms in total. The van der Waals surface area contributed by atoms with Crippen molar-refractivity contribution >= 4 is 5.96 Å². The van der Waals surface area contributed by atoms with Gasteiger partial charge in [-0.05, 0) is 23.1 Å². The zero-order valence-electron chi connectivity index (χ0n) is 17.6. The number of likely N-dealkylation sites (N-methyl/N-ethyl adjacent to an activating group) is 2. The summed E-state index contributed by atoms with van der Waals surface area (Å²) in [5.41, 5.74) is 3.70. The molecular weight excluding hydrogens is 370 g/mol. The van der Waals surface area contributed by atoms with Gasteiger partial charge in [-0.3, -0.25) is 0 Å². The molecule has 0 radical (unpaired) electrons. The minimum absolute atomic E-state index is 0.0199. The van der Waals surface area contributed by atoms with Crippen molar-refractivity contribution in [1.29, 1.82) is 0 Å². The lowest BCUT2D eigenvalue weighted by atomic mass is 9.93. The van der Waals surface area contributed by atoms with E-state index in [2.05, 4.69) is 96.7 Å². The van der Waals surface area contributed by atoms with Crippen molar-refractivity contribution in [2.45, 2.75) is 24.5 Å². The second kappa shape index (κ2) is 9.14. The van der Waals surface area contributed by atoms with E-state index in [1.807, 2.05) is 18.2 Å². The fourth-order valence-corrected chi connectivity index (χ4v) is 4.42. The zero-order chi connectivity index (χ0) is 20.9. The third kappa shape index (κ3) is 4.10. The van der Waals surface area contributed by atoms with E-state index in [1.165, 1.54) is 16.7 Å². The van der Waals surface area contributed by atoms with Crippen LogP contribution in [-0.4, -0.2) is 47.6 Å². The van der Waals surface area contributed by atoms with Gasteiger partial charge in [0.15, 0.2) is 5.96 Å². The van der Waals surface area contributed by atoms with Crippen molar-refractivity contribution < 1.29 is 5.11 Å². The Bertz CT molecular complexity index is 906. The van der Waals surface area contributed by atoms with E-state index in [0.717, 1.165) is 5.96 Å². The molecule has 3 atom stereocenters. The van der Waals surface area contributed by atoms with E-state index in [9.17, 15) is 5.11 Å². The summed E-state index contributed by atoms with van der Waals surface area (Å²) in [4.78, 5) is 9.52. The molecule has 4 heteroatoms. The van der Waals surface area contributed by atoms with E-state index >= 15 is 0 Å². The van der Waals surface area contributed by atoms with Crippen LogP contribution in [0, 0.1) is 0 Å². The maximum Gasteiger partial charge on any atom is 0.197 e. The van der Waals surface area contributed by atoms with Gasteiger partial charge in [-0.1, -0.05) is 91.0 Å². The fraction of sp³-hybridized carbons (Fsp3) is 0.269. The van der Waals surface area contributed by atoms with Crippen LogP contribution in [0.25, 0.3) is 0 Å². The number of guanidine groups is 1. The summed E-state index contributed by atoms with van der Waals surface area (Å²) in [5, 5.41) is 10.0. The topological polar surface area (TPSA) is 39.1 Å². The van der Waals surface area contributed by atoms with Crippen molar-refractivity contribution in [1.82, 2.24) is 9.80 Å². The highest BCUT2D eigenvalue weighted by Crippen LogP contribution is 2.43. The summed E-state index contributed by atoms with van der Waals surface area (Å²) in [7, 11) is 4.21. The van der Waals surface area contributed by atoms with Gasteiger partial charge in [0, 0.05) is 14.1 Å². The first-order valence-corrected chi connectivity index (χ1v) is 10.5. The van der Waals surface area contributed by atoms with Gasteiger partial charge in [0.2, 0.25) is 0 Å². The Kier molecular flexibility index (Phi) is 6.15. The van der Waals surface area contributed by atoms with Crippen molar-refractivity contribution in [3.63, 3.8) is 0 Å². The average Bonchev–Trinajstić information content (AvgIpc) is 3.05. The van der Waals surface area contributed by atoms with Crippen molar-refractivity contribution in [3.05, 3.63) is 108 Å². The first-order valence-electron chi connectivity index (χ1n) is 10.5. The Morgan fingerprint density at radius 2 is 1.17 bits per heavy atom. The normalized spacial score (nSPS) is 19.8. The smallest absolute Gasteiger partial charge is 0.197 e. The first kappa shape index (κ1) is 20.2. The Morgan fingerprint density at radius 1 is 0.733 bits per heavy atom. The summed E-state index contributed by atoms with van der Waals surface area (Å²) in [6, 6.07) is 31.5. The molecule has 3 unspecified atom stereocenters. The molecule has 3 aromatic carbocycles. The average molecular weight is 400 g/mol. The number of rotatable bonds is 6. The monoisotopic (exact) mass is 399 g/mol. The van der Waals surface area contributed by atoms with Gasteiger partial charge in [-0.25, -0.2) is 4.99 Å². The van der Waals surface area contributed by atoms with Crippen LogP contribution in [0.1, 0.15) is 28.8 Å². The summed E-state index contributed by atoms with van der Waals surface area (Å²) in [6.07, 6.45) is 0.717. The zero-order valence-corrected chi connectivity index (χ0v) is 17.6. The summed E-state index contributed by atoms with van der Waals surface area (Å²) in [6.45, 7) is 0.0199. The Labute approximate surface area is 179 Å². The SMILES string of the molecule is CN1C(=NC(CO)Cc2ccccc2)N(C)C(c2ccccc2)C1c1ccccc1. The number of benzene rings is 3. The highest BCUT2D eigenvalue weighted by molar-refractivity contribution is 5.83. The number of hydrogen-bond acceptors (Lipinski definition) is 2. The number of aliphatic hydroxyl groups is 1. The van der Waals surface area contributed by atoms with Crippen molar-refractivity contribution in [2.75, 3.05) is 20.7 Å². The summed E-state index contributed by atoms with van der Waals surface area (Å²) >= 11 is 0. The first-order chi connectivity index (χ1) is 14.7. The number of hydrogen-bond donors (Lipinski definition) is 1. The van der Waals surface area contributed by atoms with Gasteiger partial charge in [-0.2, -0.15) is 0 Å². The Balaban J connectivity index is 1.70. The highest BCUT2D eigenvalue weighted by Gasteiger charge is 2.42. The van der Waals surface area contributed by atoms with Crippen LogP contribution in [0.5, 0.6) is 0 Å². The highest BCUT2D eigenvalue weighted by atomic mass is 16.3. The maximum atomic E-state index is 10.0. The number of aliphatic imine (C=N–C) groups is 1. The van der Waals surface area contributed by atoms with E-state index in [4.69, 9.17) is 4.99 Å². The van der Waals surface area contributed by atoms with Crippen molar-refractivity contribution in [3.8, 4) is 0 Å². The van der Waals surface area contributed by atoms with Crippen LogP contribution in [0.2, 0.25) is 0 Å². The van der Waals surface area contributed by atoms with Gasteiger partial charge in [0.05, 0.1) is 24.7 Å². The van der Waals surface area contributed by atoms with E-state index in [1.54, 1.807) is 0 Å².